The van der Waals surface area contributed by atoms with Crippen LogP contribution in [0.1, 0.15) is 43.0 Å². The molecule has 2 amide bonds. The lowest BCUT2D eigenvalue weighted by Gasteiger charge is -2.30. The van der Waals surface area contributed by atoms with E-state index in [1.807, 2.05) is 36.6 Å². The monoisotopic (exact) mass is 463 g/mol. The average molecular weight is 464 g/mol. The van der Waals surface area contributed by atoms with Crippen molar-refractivity contribution >= 4 is 29.6 Å². The molecule has 0 saturated carbocycles. The Hall–Kier alpha value is -3.52. The van der Waals surface area contributed by atoms with Crippen LogP contribution in [0, 0.1) is 5.41 Å². The van der Waals surface area contributed by atoms with Crippen molar-refractivity contribution in [3.05, 3.63) is 65.4 Å². The van der Waals surface area contributed by atoms with Crippen LogP contribution in [0.25, 0.3) is 0 Å². The first kappa shape index (κ1) is 25.1. The molecule has 8 nitrogen and oxygen atoms in total. The molecule has 2 heterocycles. The first-order valence-corrected chi connectivity index (χ1v) is 11.6. The average Bonchev–Trinajstić information content (AvgIpc) is 2.84. The van der Waals surface area contributed by atoms with Gasteiger partial charge in [0, 0.05) is 56.0 Å². The molecule has 0 fully saturated rings. The maximum atomic E-state index is 13.1. The number of rotatable bonds is 9. The number of carbonyl (C=O) groups is 2. The highest BCUT2D eigenvalue weighted by Gasteiger charge is 2.29. The predicted molar refractivity (Wildman–Crippen MR) is 135 cm³/mol. The van der Waals surface area contributed by atoms with Crippen molar-refractivity contribution < 1.29 is 14.7 Å². The summed E-state index contributed by atoms with van der Waals surface area (Å²) in [5.41, 5.74) is 3.24. The molecule has 2 aliphatic rings. The lowest BCUT2D eigenvalue weighted by atomic mass is 10.0. The molecular weight excluding hydrogens is 430 g/mol. The summed E-state index contributed by atoms with van der Waals surface area (Å²) in [4.78, 5) is 33.5. The lowest BCUT2D eigenvalue weighted by molar-refractivity contribution is -0.124. The molecule has 8 heteroatoms. The van der Waals surface area contributed by atoms with Gasteiger partial charge in [-0.2, -0.15) is 0 Å². The van der Waals surface area contributed by atoms with E-state index >= 15 is 0 Å². The van der Waals surface area contributed by atoms with Gasteiger partial charge in [-0.3, -0.25) is 24.9 Å². The Kier molecular flexibility index (Phi) is 8.93. The van der Waals surface area contributed by atoms with Crippen LogP contribution in [0.15, 0.2) is 64.8 Å². The SMILES string of the molecule is CN=CC(NC(=O)c1cccc(N2C=CC=C(C)C2)c1)C(=N)N1CCC=C(CCCCO)C1=O. The zero-order valence-corrected chi connectivity index (χ0v) is 19.8. The van der Waals surface area contributed by atoms with Gasteiger partial charge in [-0.1, -0.05) is 23.8 Å². The molecule has 1 atom stereocenters. The van der Waals surface area contributed by atoms with Crippen LogP contribution in [-0.4, -0.2) is 66.7 Å². The maximum absolute atomic E-state index is 13.1. The molecule has 180 valence electrons. The van der Waals surface area contributed by atoms with Crippen molar-refractivity contribution in [2.24, 2.45) is 4.99 Å². The number of unbranched alkanes of at least 4 members (excludes halogenated alkanes) is 1. The molecule has 3 N–H and O–H groups in total. The molecule has 0 aliphatic carbocycles. The fraction of sp³-hybridized carbons (Fsp3) is 0.385. The second-order valence-electron chi connectivity index (χ2n) is 8.43. The van der Waals surface area contributed by atoms with Crippen molar-refractivity contribution in [3.8, 4) is 0 Å². The number of benzene rings is 1. The van der Waals surface area contributed by atoms with Crippen LogP contribution in [0.4, 0.5) is 5.69 Å². The van der Waals surface area contributed by atoms with E-state index in [1.54, 1.807) is 13.1 Å². The number of aliphatic hydroxyl groups excluding tert-OH is 1. The number of hydrogen-bond acceptors (Lipinski definition) is 6. The van der Waals surface area contributed by atoms with Crippen molar-refractivity contribution in [1.82, 2.24) is 10.2 Å². The number of allylic oxidation sites excluding steroid dienone is 2. The topological polar surface area (TPSA) is 109 Å². The summed E-state index contributed by atoms with van der Waals surface area (Å²) in [6.07, 6.45) is 11.9. The summed E-state index contributed by atoms with van der Waals surface area (Å²) in [6.45, 7) is 3.29. The Morgan fingerprint density at radius 1 is 1.35 bits per heavy atom. The third-order valence-corrected chi connectivity index (χ3v) is 5.79. The molecule has 2 aliphatic heterocycles. The quantitative estimate of drug-likeness (QED) is 0.297. The van der Waals surface area contributed by atoms with E-state index in [4.69, 9.17) is 10.5 Å². The molecule has 34 heavy (non-hydrogen) atoms. The van der Waals surface area contributed by atoms with Gasteiger partial charge in [0.1, 0.15) is 11.9 Å². The number of hydrogen-bond donors (Lipinski definition) is 3. The summed E-state index contributed by atoms with van der Waals surface area (Å²) in [5.74, 6) is -0.569. The van der Waals surface area contributed by atoms with E-state index in [0.29, 0.717) is 43.4 Å². The molecular formula is C26H33N5O3. The van der Waals surface area contributed by atoms with Crippen LogP contribution in [0.2, 0.25) is 0 Å². The van der Waals surface area contributed by atoms with Crippen LogP contribution < -0.4 is 10.2 Å². The van der Waals surface area contributed by atoms with Crippen LogP contribution in [-0.2, 0) is 4.79 Å². The van der Waals surface area contributed by atoms with Crippen LogP contribution in [0.3, 0.4) is 0 Å². The molecule has 0 aromatic heterocycles. The van der Waals surface area contributed by atoms with Crippen LogP contribution in [0.5, 0.6) is 0 Å². The molecule has 1 aromatic carbocycles. The standard InChI is InChI=1S/C26H33N5O3/c1-19-8-6-13-30(18-19)22-12-5-10-21(16-22)25(33)29-23(17-28-2)24(27)31-14-7-11-20(26(31)34)9-3-4-15-32/h5-6,8,10-13,16-17,23,27,32H,3-4,7,9,14-15,18H2,1-2H3,(H,29,33). The second kappa shape index (κ2) is 12.1. The van der Waals surface area contributed by atoms with E-state index < -0.39 is 6.04 Å². The molecule has 1 unspecified atom stereocenters. The Labute approximate surface area is 200 Å². The largest absolute Gasteiger partial charge is 0.396 e. The third kappa shape index (κ3) is 6.29. The minimum Gasteiger partial charge on any atom is -0.396 e. The summed E-state index contributed by atoms with van der Waals surface area (Å²) >= 11 is 0. The Bertz CT molecular complexity index is 1040. The number of aliphatic hydroxyl groups is 1. The summed E-state index contributed by atoms with van der Waals surface area (Å²) in [7, 11) is 1.57. The summed E-state index contributed by atoms with van der Waals surface area (Å²) < 4.78 is 0. The Morgan fingerprint density at radius 3 is 2.91 bits per heavy atom. The summed E-state index contributed by atoms with van der Waals surface area (Å²) in [5, 5.41) is 20.5. The number of nitrogens with one attached hydrogen (secondary N) is 2. The summed E-state index contributed by atoms with van der Waals surface area (Å²) in [6, 6.07) is 6.49. The van der Waals surface area contributed by atoms with Gasteiger partial charge in [-0.05, 0) is 56.9 Å². The molecule has 0 bridgehead atoms. The van der Waals surface area contributed by atoms with Gasteiger partial charge in [0.25, 0.3) is 11.8 Å². The van der Waals surface area contributed by atoms with Crippen molar-refractivity contribution in [2.75, 3.05) is 31.6 Å². The normalized spacial score (nSPS) is 17.0. The number of aliphatic imine (C=N–C) groups is 1. The number of carbonyl (C=O) groups excluding carboxylic acids is 2. The van der Waals surface area contributed by atoms with Gasteiger partial charge in [0.15, 0.2) is 0 Å². The lowest BCUT2D eigenvalue weighted by Crippen LogP contribution is -2.52. The minimum absolute atomic E-state index is 0.00686. The van der Waals surface area contributed by atoms with Crippen molar-refractivity contribution in [2.45, 2.75) is 38.6 Å². The van der Waals surface area contributed by atoms with E-state index in [-0.39, 0.29) is 24.3 Å². The van der Waals surface area contributed by atoms with Crippen LogP contribution >= 0.6 is 0 Å². The van der Waals surface area contributed by atoms with E-state index in [9.17, 15) is 9.59 Å². The smallest absolute Gasteiger partial charge is 0.254 e. The zero-order chi connectivity index (χ0) is 24.5. The van der Waals surface area contributed by atoms with Gasteiger partial charge in [-0.15, -0.1) is 0 Å². The predicted octanol–water partition coefficient (Wildman–Crippen LogP) is 3.06. The van der Waals surface area contributed by atoms with E-state index in [1.165, 1.54) is 16.7 Å². The molecule has 3 rings (SSSR count). The van der Waals surface area contributed by atoms with Crippen molar-refractivity contribution in [1.29, 1.82) is 5.41 Å². The second-order valence-corrected chi connectivity index (χ2v) is 8.43. The van der Waals surface area contributed by atoms with E-state index in [0.717, 1.165) is 12.2 Å². The number of amides is 2. The number of amidine groups is 1. The zero-order valence-electron chi connectivity index (χ0n) is 19.8. The first-order chi connectivity index (χ1) is 16.4. The number of nitrogens with zero attached hydrogens (tertiary/aromatic N) is 3. The fourth-order valence-electron chi connectivity index (χ4n) is 4.00. The highest BCUT2D eigenvalue weighted by atomic mass is 16.3. The molecule has 0 saturated heterocycles. The van der Waals surface area contributed by atoms with Crippen molar-refractivity contribution in [3.63, 3.8) is 0 Å². The highest BCUT2D eigenvalue weighted by molar-refractivity contribution is 6.13. The van der Waals surface area contributed by atoms with Gasteiger partial charge in [0.05, 0.1) is 0 Å². The fourth-order valence-corrected chi connectivity index (χ4v) is 4.00. The molecule has 0 spiro atoms. The number of anilines is 1. The van der Waals surface area contributed by atoms with E-state index in [2.05, 4.69) is 28.2 Å². The Morgan fingerprint density at radius 2 is 2.18 bits per heavy atom. The van der Waals surface area contributed by atoms with Gasteiger partial charge < -0.3 is 15.3 Å². The molecule has 1 aromatic rings. The first-order valence-electron chi connectivity index (χ1n) is 11.6. The van der Waals surface area contributed by atoms with Gasteiger partial charge >= 0.3 is 0 Å². The van der Waals surface area contributed by atoms with Gasteiger partial charge in [0.2, 0.25) is 0 Å². The molecule has 0 radical (unpaired) electrons. The highest BCUT2D eigenvalue weighted by Crippen LogP contribution is 2.21. The minimum atomic E-state index is -0.832. The maximum Gasteiger partial charge on any atom is 0.254 e. The Balaban J connectivity index is 1.71. The third-order valence-electron chi connectivity index (χ3n) is 5.79. The van der Waals surface area contributed by atoms with Gasteiger partial charge in [-0.25, -0.2) is 0 Å².